The van der Waals surface area contributed by atoms with Crippen LogP contribution >= 0.6 is 0 Å². The second kappa shape index (κ2) is 14.0. The molecule has 1 atom stereocenters. The number of carboxylic acid groups (broad SMARTS) is 1. The first-order chi connectivity index (χ1) is 25.1. The summed E-state index contributed by atoms with van der Waals surface area (Å²) in [5.41, 5.74) is 8.25. The Kier molecular flexibility index (Phi) is 8.92. The minimum Gasteiger partial charge on any atom is -0.478 e. The lowest BCUT2D eigenvalue weighted by atomic mass is 9.81. The van der Waals surface area contributed by atoms with Crippen molar-refractivity contribution in [1.29, 1.82) is 0 Å². The van der Waals surface area contributed by atoms with Crippen molar-refractivity contribution in [2.75, 3.05) is 18.0 Å². The Morgan fingerprint density at radius 1 is 0.706 bits per heavy atom. The zero-order valence-corrected chi connectivity index (χ0v) is 29.1. The van der Waals surface area contributed by atoms with Gasteiger partial charge >= 0.3 is 5.97 Å². The van der Waals surface area contributed by atoms with Crippen LogP contribution in [-0.4, -0.2) is 24.2 Å². The highest BCUT2D eigenvalue weighted by Crippen LogP contribution is 2.49. The largest absolute Gasteiger partial charge is 0.478 e. The summed E-state index contributed by atoms with van der Waals surface area (Å²) < 4.78 is 7.21. The van der Waals surface area contributed by atoms with Gasteiger partial charge in [-0.1, -0.05) is 135 Å². The molecule has 254 valence electrons. The average Bonchev–Trinajstić information content (AvgIpc) is 3.74. The van der Waals surface area contributed by atoms with Crippen LogP contribution in [0.4, 0.5) is 5.69 Å². The predicted octanol–water partition coefficient (Wildman–Crippen LogP) is 11.6. The van der Waals surface area contributed by atoms with Crippen LogP contribution in [0.5, 0.6) is 5.75 Å². The maximum Gasteiger partial charge on any atom is 0.337 e. The molecule has 0 bridgehead atoms. The first kappa shape index (κ1) is 32.6. The molecular weight excluding hydrogens is 627 g/mol. The van der Waals surface area contributed by atoms with Gasteiger partial charge in [0.1, 0.15) is 5.75 Å². The molecule has 6 aromatic rings. The minimum atomic E-state index is -0.981. The van der Waals surface area contributed by atoms with Gasteiger partial charge in [0.2, 0.25) is 0 Å². The Morgan fingerprint density at radius 2 is 1.31 bits per heavy atom. The number of carbonyl (C=O) groups is 1. The molecule has 1 fully saturated rings. The number of rotatable bonds is 10. The van der Waals surface area contributed by atoms with Crippen LogP contribution in [-0.2, 0) is 12.0 Å². The number of aromatic carboxylic acids is 1. The van der Waals surface area contributed by atoms with Crippen LogP contribution in [0.2, 0.25) is 0 Å². The minimum absolute atomic E-state index is 0.246. The molecule has 2 heterocycles. The number of aryl methyl sites for hydroxylation is 1. The third-order valence-corrected chi connectivity index (χ3v) is 10.7. The van der Waals surface area contributed by atoms with Gasteiger partial charge in [-0.3, -0.25) is 0 Å². The van der Waals surface area contributed by atoms with Gasteiger partial charge in [-0.2, -0.15) is 0 Å². The van der Waals surface area contributed by atoms with Crippen LogP contribution in [0.1, 0.15) is 71.6 Å². The van der Waals surface area contributed by atoms with E-state index in [1.54, 1.807) is 0 Å². The van der Waals surface area contributed by atoms with Crippen molar-refractivity contribution in [2.24, 2.45) is 0 Å². The van der Waals surface area contributed by atoms with Gasteiger partial charge in [-0.15, -0.1) is 0 Å². The molecule has 2 aliphatic heterocycles. The summed E-state index contributed by atoms with van der Waals surface area (Å²) in [5.74, 6) is -0.400. The highest BCUT2D eigenvalue weighted by molar-refractivity contribution is 6.13. The molecule has 1 N–H and O–H groups in total. The Bertz CT molecular complexity index is 2200. The number of fused-ring (bicyclic) bond motifs is 3. The third-order valence-electron chi connectivity index (χ3n) is 10.7. The molecular formula is C47H43NO3. The molecule has 2 aliphatic rings. The van der Waals surface area contributed by atoms with Crippen molar-refractivity contribution in [3.63, 3.8) is 0 Å². The molecule has 6 aromatic carbocycles. The quantitative estimate of drug-likeness (QED) is 0.148. The molecule has 0 radical (unpaired) electrons. The van der Waals surface area contributed by atoms with Crippen molar-refractivity contribution < 1.29 is 14.6 Å². The van der Waals surface area contributed by atoms with Gasteiger partial charge in [0, 0.05) is 46.4 Å². The summed E-state index contributed by atoms with van der Waals surface area (Å²) >= 11 is 0. The molecule has 0 aliphatic carbocycles. The van der Waals surface area contributed by atoms with Crippen LogP contribution in [0, 0.1) is 0 Å². The number of ether oxygens (including phenoxy) is 1. The van der Waals surface area contributed by atoms with Crippen LogP contribution in [0.3, 0.4) is 0 Å². The van der Waals surface area contributed by atoms with Gasteiger partial charge in [-0.05, 0) is 77.6 Å². The van der Waals surface area contributed by atoms with Crippen LogP contribution in [0.25, 0.3) is 39.1 Å². The van der Waals surface area contributed by atoms with Crippen molar-refractivity contribution in [3.05, 3.63) is 161 Å². The Balaban J connectivity index is 1.22. The van der Waals surface area contributed by atoms with E-state index in [1.807, 2.05) is 54.6 Å². The number of nitrogens with zero attached hydrogens (tertiary/aromatic N) is 1. The molecule has 4 nitrogen and oxygen atoms in total. The van der Waals surface area contributed by atoms with Crippen molar-refractivity contribution in [2.45, 2.75) is 51.0 Å². The fraction of sp³-hybridized carbons (Fsp3) is 0.213. The molecule has 0 amide bonds. The first-order valence-corrected chi connectivity index (χ1v) is 18.4. The summed E-state index contributed by atoms with van der Waals surface area (Å²) in [6.07, 6.45) is 11.2. The molecule has 1 unspecified atom stereocenters. The molecule has 0 saturated carbocycles. The third kappa shape index (κ3) is 6.10. The molecule has 0 aromatic heterocycles. The lowest BCUT2D eigenvalue weighted by molar-refractivity contribution is 0.0696. The molecule has 8 rings (SSSR count). The maximum absolute atomic E-state index is 13.3. The Labute approximate surface area is 300 Å². The van der Waals surface area contributed by atoms with E-state index in [0.717, 1.165) is 58.1 Å². The zero-order chi connectivity index (χ0) is 34.8. The van der Waals surface area contributed by atoms with Crippen molar-refractivity contribution in [1.82, 2.24) is 0 Å². The lowest BCUT2D eigenvalue weighted by Gasteiger charge is -2.37. The fourth-order valence-corrected chi connectivity index (χ4v) is 7.94. The van der Waals surface area contributed by atoms with Gasteiger partial charge < -0.3 is 14.7 Å². The molecule has 4 heteroatoms. The predicted molar refractivity (Wildman–Crippen MR) is 210 cm³/mol. The summed E-state index contributed by atoms with van der Waals surface area (Å²) in [6, 6.07) is 44.1. The van der Waals surface area contributed by atoms with E-state index < -0.39 is 11.6 Å². The monoisotopic (exact) mass is 669 g/mol. The van der Waals surface area contributed by atoms with Gasteiger partial charge in [0.15, 0.2) is 5.60 Å². The number of anilines is 1. The molecule has 1 saturated heterocycles. The standard InChI is InChI=1S/C47H43NO3/c1-2-3-5-12-33-17-19-34(20-18-33)35-21-23-36(24-22-35)43-40-15-8-9-16-41(40)45-42(44(43)46(49)50)29-30-47(51-45,37-13-6-4-7-14-37)38-25-27-39(28-26-38)48-31-10-11-32-48/h4,6-9,13-30H,2-3,5,10-12,31-32H2,1H3,(H,49,50). The van der Waals surface area contributed by atoms with Gasteiger partial charge in [0.05, 0.1) is 5.56 Å². The van der Waals surface area contributed by atoms with E-state index in [4.69, 9.17) is 4.74 Å². The second-order valence-corrected chi connectivity index (χ2v) is 13.9. The number of unbranched alkanes of at least 4 members (excludes halogenated alkanes) is 2. The highest BCUT2D eigenvalue weighted by Gasteiger charge is 2.39. The average molecular weight is 670 g/mol. The van der Waals surface area contributed by atoms with E-state index in [1.165, 1.54) is 43.4 Å². The highest BCUT2D eigenvalue weighted by atomic mass is 16.5. The summed E-state index contributed by atoms with van der Waals surface area (Å²) in [4.78, 5) is 15.7. The van der Waals surface area contributed by atoms with E-state index in [2.05, 4.69) is 96.8 Å². The number of hydrogen-bond donors (Lipinski definition) is 1. The molecule has 0 spiro atoms. The summed E-state index contributed by atoms with van der Waals surface area (Å²) in [6.45, 7) is 4.39. The Hall–Kier alpha value is -5.61. The number of carboxylic acids is 1. The van der Waals surface area contributed by atoms with Crippen LogP contribution in [0.15, 0.2) is 133 Å². The fourth-order valence-electron chi connectivity index (χ4n) is 7.94. The van der Waals surface area contributed by atoms with Gasteiger partial charge in [0.25, 0.3) is 0 Å². The number of hydrogen-bond acceptors (Lipinski definition) is 3. The van der Waals surface area contributed by atoms with E-state index in [0.29, 0.717) is 16.9 Å². The normalized spacial score (nSPS) is 16.6. The Morgan fingerprint density at radius 3 is 1.98 bits per heavy atom. The molecule has 51 heavy (non-hydrogen) atoms. The van der Waals surface area contributed by atoms with E-state index >= 15 is 0 Å². The maximum atomic E-state index is 13.3. The lowest BCUT2D eigenvalue weighted by Crippen LogP contribution is -2.35. The van der Waals surface area contributed by atoms with E-state index in [9.17, 15) is 9.90 Å². The summed E-state index contributed by atoms with van der Waals surface area (Å²) in [5, 5.41) is 12.6. The summed E-state index contributed by atoms with van der Waals surface area (Å²) in [7, 11) is 0. The van der Waals surface area contributed by atoms with Crippen LogP contribution < -0.4 is 9.64 Å². The smallest absolute Gasteiger partial charge is 0.337 e. The topological polar surface area (TPSA) is 49.8 Å². The number of benzene rings is 6. The van der Waals surface area contributed by atoms with Gasteiger partial charge in [-0.25, -0.2) is 4.79 Å². The van der Waals surface area contributed by atoms with Crippen molar-refractivity contribution in [3.8, 4) is 28.0 Å². The van der Waals surface area contributed by atoms with Crippen molar-refractivity contribution >= 4 is 28.5 Å². The SMILES string of the molecule is CCCCCc1ccc(-c2ccc(-c3c(C(=O)O)c4c(c5ccccc35)OC(c3ccccc3)(c3ccc(N5CCCC5)cc3)C=C4)cc2)cc1. The second-order valence-electron chi connectivity index (χ2n) is 13.9. The first-order valence-electron chi connectivity index (χ1n) is 18.4. The zero-order valence-electron chi connectivity index (χ0n) is 29.1. The van der Waals surface area contributed by atoms with E-state index in [-0.39, 0.29) is 5.56 Å².